The molecular weight excluding hydrogens is 230 g/mol. The second-order valence-corrected chi connectivity index (χ2v) is 4.72. The molecule has 0 aliphatic heterocycles. The van der Waals surface area contributed by atoms with E-state index in [-0.39, 0.29) is 19.1 Å². The summed E-state index contributed by atoms with van der Waals surface area (Å²) in [5.74, 6) is 0.424. The first kappa shape index (κ1) is 12.8. The number of primary amides is 1. The Balaban J connectivity index is 2.17. The summed E-state index contributed by atoms with van der Waals surface area (Å²) in [6.45, 7) is 0.183. The lowest BCUT2D eigenvalue weighted by atomic mass is 10.2. The van der Waals surface area contributed by atoms with Crippen LogP contribution in [0.3, 0.4) is 0 Å². The molecule has 1 aliphatic rings. The molecule has 0 unspecified atom stereocenters. The number of carbonyl (C=O) groups excluding carboxylic acids is 1. The Labute approximate surface area is 107 Å². The molecule has 1 saturated carbocycles. The fourth-order valence-corrected chi connectivity index (χ4v) is 2.46. The summed E-state index contributed by atoms with van der Waals surface area (Å²) in [7, 11) is 0. The zero-order valence-corrected chi connectivity index (χ0v) is 10.4. The van der Waals surface area contributed by atoms with Gasteiger partial charge < -0.3 is 15.7 Å². The van der Waals surface area contributed by atoms with E-state index in [0.29, 0.717) is 6.04 Å². The van der Waals surface area contributed by atoms with Crippen LogP contribution in [0.5, 0.6) is 0 Å². The van der Waals surface area contributed by atoms with E-state index in [0.717, 1.165) is 24.2 Å². The van der Waals surface area contributed by atoms with Crippen LogP contribution in [0, 0.1) is 0 Å². The van der Waals surface area contributed by atoms with Gasteiger partial charge in [0, 0.05) is 12.2 Å². The van der Waals surface area contributed by atoms with Crippen LogP contribution in [0.4, 0.5) is 5.82 Å². The molecule has 1 aliphatic carbocycles. The molecule has 3 N–H and O–H groups in total. The normalized spacial score (nSPS) is 15.8. The Kier molecular flexibility index (Phi) is 4.15. The Hall–Kier alpha value is -1.62. The number of rotatable bonds is 5. The number of nitrogens with two attached hydrogens (primary N) is 1. The van der Waals surface area contributed by atoms with E-state index in [1.807, 2.05) is 17.0 Å². The van der Waals surface area contributed by atoms with E-state index < -0.39 is 0 Å². The largest absolute Gasteiger partial charge is 0.392 e. The van der Waals surface area contributed by atoms with E-state index in [9.17, 15) is 4.79 Å². The summed E-state index contributed by atoms with van der Waals surface area (Å²) in [6.07, 6.45) is 6.18. The number of aliphatic hydroxyl groups is 1. The molecule has 98 valence electrons. The van der Waals surface area contributed by atoms with Crippen molar-refractivity contribution in [2.75, 3.05) is 11.4 Å². The average Bonchev–Trinajstić information content (AvgIpc) is 2.89. The topological polar surface area (TPSA) is 79.5 Å². The summed E-state index contributed by atoms with van der Waals surface area (Å²) in [5, 5.41) is 9.00. The van der Waals surface area contributed by atoms with Gasteiger partial charge in [0.2, 0.25) is 5.91 Å². The minimum Gasteiger partial charge on any atom is -0.392 e. The average molecular weight is 249 g/mol. The highest BCUT2D eigenvalue weighted by Crippen LogP contribution is 2.26. The highest BCUT2D eigenvalue weighted by atomic mass is 16.3. The van der Waals surface area contributed by atoms with Crippen LogP contribution in [0.1, 0.15) is 31.2 Å². The van der Waals surface area contributed by atoms with Gasteiger partial charge in [0.05, 0.1) is 13.2 Å². The van der Waals surface area contributed by atoms with E-state index >= 15 is 0 Å². The second-order valence-electron chi connectivity index (χ2n) is 4.72. The number of nitrogens with zero attached hydrogens (tertiary/aromatic N) is 2. The van der Waals surface area contributed by atoms with Gasteiger partial charge in [-0.25, -0.2) is 4.98 Å². The third-order valence-corrected chi connectivity index (χ3v) is 3.38. The van der Waals surface area contributed by atoms with Gasteiger partial charge in [0.25, 0.3) is 0 Å². The van der Waals surface area contributed by atoms with E-state index in [2.05, 4.69) is 4.98 Å². The van der Waals surface area contributed by atoms with Gasteiger partial charge in [-0.05, 0) is 24.5 Å². The first-order valence-electron chi connectivity index (χ1n) is 6.31. The molecule has 1 amide bonds. The first-order valence-corrected chi connectivity index (χ1v) is 6.31. The van der Waals surface area contributed by atoms with Gasteiger partial charge in [0.1, 0.15) is 5.82 Å². The van der Waals surface area contributed by atoms with Crippen molar-refractivity contribution in [2.45, 2.75) is 38.3 Å². The van der Waals surface area contributed by atoms with Gasteiger partial charge in [-0.1, -0.05) is 18.9 Å². The maximum atomic E-state index is 11.2. The summed E-state index contributed by atoms with van der Waals surface area (Å²) in [4.78, 5) is 17.5. The van der Waals surface area contributed by atoms with Crippen molar-refractivity contribution in [3.63, 3.8) is 0 Å². The second kappa shape index (κ2) is 5.82. The van der Waals surface area contributed by atoms with Crippen molar-refractivity contribution in [3.8, 4) is 0 Å². The fraction of sp³-hybridized carbons (Fsp3) is 0.538. The molecular formula is C13H19N3O2. The van der Waals surface area contributed by atoms with Crippen molar-refractivity contribution in [2.24, 2.45) is 5.73 Å². The number of aromatic nitrogens is 1. The number of pyridine rings is 1. The number of amides is 1. The molecule has 0 saturated heterocycles. The Morgan fingerprint density at radius 1 is 1.44 bits per heavy atom. The predicted molar refractivity (Wildman–Crippen MR) is 69.0 cm³/mol. The molecule has 0 bridgehead atoms. The molecule has 0 radical (unpaired) electrons. The zero-order chi connectivity index (χ0) is 13.0. The Morgan fingerprint density at radius 2 is 2.17 bits per heavy atom. The number of carbonyl (C=O) groups is 1. The van der Waals surface area contributed by atoms with Crippen LogP contribution in [-0.4, -0.2) is 28.6 Å². The number of hydrogen-bond acceptors (Lipinski definition) is 4. The van der Waals surface area contributed by atoms with E-state index in [1.165, 1.54) is 12.8 Å². The SMILES string of the molecule is NC(=O)CN(c1ccc(CO)cn1)C1CCCC1. The molecule has 0 aromatic carbocycles. The van der Waals surface area contributed by atoms with Crippen LogP contribution in [0.2, 0.25) is 0 Å². The zero-order valence-electron chi connectivity index (χ0n) is 10.4. The summed E-state index contributed by atoms with van der Waals surface area (Å²) in [5.41, 5.74) is 6.07. The lowest BCUT2D eigenvalue weighted by Gasteiger charge is -2.28. The van der Waals surface area contributed by atoms with Gasteiger partial charge in [-0.2, -0.15) is 0 Å². The standard InChI is InChI=1S/C13H19N3O2/c14-12(18)8-16(11-3-1-2-4-11)13-6-5-10(9-17)7-15-13/h5-7,11,17H,1-4,8-9H2,(H2,14,18). The third kappa shape index (κ3) is 2.98. The van der Waals surface area contributed by atoms with Crippen molar-refractivity contribution < 1.29 is 9.90 Å². The number of anilines is 1. The lowest BCUT2D eigenvalue weighted by molar-refractivity contribution is -0.116. The van der Waals surface area contributed by atoms with Gasteiger partial charge in [0.15, 0.2) is 0 Å². The van der Waals surface area contributed by atoms with Crippen molar-refractivity contribution in [3.05, 3.63) is 23.9 Å². The van der Waals surface area contributed by atoms with Gasteiger partial charge in [-0.15, -0.1) is 0 Å². The molecule has 0 spiro atoms. The first-order chi connectivity index (χ1) is 8.70. The molecule has 2 rings (SSSR count). The lowest BCUT2D eigenvalue weighted by Crippen LogP contribution is -2.40. The van der Waals surface area contributed by atoms with Crippen molar-refractivity contribution in [1.29, 1.82) is 0 Å². The molecule has 0 atom stereocenters. The highest BCUT2D eigenvalue weighted by Gasteiger charge is 2.24. The summed E-state index contributed by atoms with van der Waals surface area (Å²) < 4.78 is 0. The minimum atomic E-state index is -0.338. The molecule has 18 heavy (non-hydrogen) atoms. The smallest absolute Gasteiger partial charge is 0.237 e. The maximum Gasteiger partial charge on any atom is 0.237 e. The monoisotopic (exact) mass is 249 g/mol. The number of aliphatic hydroxyl groups excluding tert-OH is 1. The van der Waals surface area contributed by atoms with Crippen LogP contribution in [0.15, 0.2) is 18.3 Å². The van der Waals surface area contributed by atoms with Crippen LogP contribution in [0.25, 0.3) is 0 Å². The van der Waals surface area contributed by atoms with Gasteiger partial charge >= 0.3 is 0 Å². The predicted octanol–water partition coefficient (Wildman–Crippen LogP) is 0.808. The summed E-state index contributed by atoms with van der Waals surface area (Å²) >= 11 is 0. The van der Waals surface area contributed by atoms with Gasteiger partial charge in [-0.3, -0.25) is 4.79 Å². The van der Waals surface area contributed by atoms with Crippen LogP contribution < -0.4 is 10.6 Å². The Bertz CT molecular complexity index is 399. The third-order valence-electron chi connectivity index (χ3n) is 3.38. The molecule has 1 heterocycles. The fourth-order valence-electron chi connectivity index (χ4n) is 2.46. The maximum absolute atomic E-state index is 11.2. The molecule has 5 heteroatoms. The number of hydrogen-bond donors (Lipinski definition) is 2. The quantitative estimate of drug-likeness (QED) is 0.809. The van der Waals surface area contributed by atoms with Crippen molar-refractivity contribution >= 4 is 11.7 Å². The van der Waals surface area contributed by atoms with E-state index in [4.69, 9.17) is 10.8 Å². The molecule has 5 nitrogen and oxygen atoms in total. The Morgan fingerprint density at radius 3 is 2.67 bits per heavy atom. The van der Waals surface area contributed by atoms with Crippen molar-refractivity contribution in [1.82, 2.24) is 4.98 Å². The highest BCUT2D eigenvalue weighted by molar-refractivity contribution is 5.79. The van der Waals surface area contributed by atoms with Crippen LogP contribution >= 0.6 is 0 Å². The molecule has 1 aromatic heterocycles. The minimum absolute atomic E-state index is 0.0213. The molecule has 1 aromatic rings. The van der Waals surface area contributed by atoms with Crippen LogP contribution in [-0.2, 0) is 11.4 Å². The van der Waals surface area contributed by atoms with E-state index in [1.54, 1.807) is 6.20 Å². The summed E-state index contributed by atoms with van der Waals surface area (Å²) in [6, 6.07) is 4.02. The molecule has 1 fully saturated rings.